The summed E-state index contributed by atoms with van der Waals surface area (Å²) in [6.07, 6.45) is 0.944. The van der Waals surface area contributed by atoms with Crippen molar-refractivity contribution in [3.63, 3.8) is 0 Å². The molecule has 0 spiro atoms. The van der Waals surface area contributed by atoms with Gasteiger partial charge in [-0.05, 0) is 18.1 Å². The molecule has 1 amide bonds. The van der Waals surface area contributed by atoms with Crippen LogP contribution in [0.2, 0.25) is 0 Å². The fourth-order valence-corrected chi connectivity index (χ4v) is 1.97. The minimum Gasteiger partial charge on any atom is -0.391 e. The van der Waals surface area contributed by atoms with E-state index in [1.54, 1.807) is 0 Å². The average molecular weight is 271 g/mol. The molecule has 0 radical (unpaired) electrons. The van der Waals surface area contributed by atoms with E-state index in [-0.39, 0.29) is 18.0 Å². The van der Waals surface area contributed by atoms with Crippen molar-refractivity contribution in [2.24, 2.45) is 5.92 Å². The first kappa shape index (κ1) is 15.6. The maximum atomic E-state index is 13.4. The maximum absolute atomic E-state index is 13.4. The SMILES string of the molecule is CCC(CC)C(O)CNC(=O)c1ccc(F)cc1F. The number of nitrogens with one attached hydrogen (secondary N) is 1. The predicted molar refractivity (Wildman–Crippen MR) is 68.8 cm³/mol. The van der Waals surface area contributed by atoms with E-state index in [0.29, 0.717) is 6.07 Å². The second-order valence-electron chi connectivity index (χ2n) is 4.48. The number of amides is 1. The smallest absolute Gasteiger partial charge is 0.254 e. The zero-order valence-electron chi connectivity index (χ0n) is 11.1. The van der Waals surface area contributed by atoms with Crippen LogP contribution in [0.5, 0.6) is 0 Å². The van der Waals surface area contributed by atoms with E-state index < -0.39 is 23.6 Å². The molecule has 19 heavy (non-hydrogen) atoms. The van der Waals surface area contributed by atoms with Crippen LogP contribution in [0.4, 0.5) is 8.78 Å². The van der Waals surface area contributed by atoms with E-state index in [1.807, 2.05) is 13.8 Å². The van der Waals surface area contributed by atoms with Gasteiger partial charge in [-0.3, -0.25) is 4.79 Å². The van der Waals surface area contributed by atoms with Gasteiger partial charge in [-0.25, -0.2) is 8.78 Å². The summed E-state index contributed by atoms with van der Waals surface area (Å²) in [5, 5.41) is 12.3. The first-order chi connectivity index (χ1) is 8.99. The van der Waals surface area contributed by atoms with Crippen LogP contribution in [-0.4, -0.2) is 23.7 Å². The Morgan fingerprint density at radius 1 is 1.32 bits per heavy atom. The summed E-state index contributed by atoms with van der Waals surface area (Å²) >= 11 is 0. The number of rotatable bonds is 6. The monoisotopic (exact) mass is 271 g/mol. The second-order valence-corrected chi connectivity index (χ2v) is 4.48. The van der Waals surface area contributed by atoms with Crippen LogP contribution in [0.25, 0.3) is 0 Å². The first-order valence-electron chi connectivity index (χ1n) is 6.40. The van der Waals surface area contributed by atoms with Crippen molar-refractivity contribution >= 4 is 5.91 Å². The lowest BCUT2D eigenvalue weighted by molar-refractivity contribution is 0.0813. The van der Waals surface area contributed by atoms with Crippen LogP contribution in [0.1, 0.15) is 37.0 Å². The summed E-state index contributed by atoms with van der Waals surface area (Å²) in [6.45, 7) is 3.97. The molecule has 0 saturated carbocycles. The number of aliphatic hydroxyl groups is 1. The lowest BCUT2D eigenvalue weighted by Crippen LogP contribution is -2.36. The topological polar surface area (TPSA) is 49.3 Å². The van der Waals surface area contributed by atoms with Gasteiger partial charge in [0.25, 0.3) is 5.91 Å². The predicted octanol–water partition coefficient (Wildman–Crippen LogP) is 2.49. The first-order valence-corrected chi connectivity index (χ1v) is 6.40. The Morgan fingerprint density at radius 3 is 2.47 bits per heavy atom. The van der Waals surface area contributed by atoms with E-state index >= 15 is 0 Å². The highest BCUT2D eigenvalue weighted by Gasteiger charge is 2.18. The van der Waals surface area contributed by atoms with Gasteiger partial charge in [0.1, 0.15) is 11.6 Å². The van der Waals surface area contributed by atoms with Crippen molar-refractivity contribution in [1.82, 2.24) is 5.32 Å². The van der Waals surface area contributed by atoms with E-state index in [9.17, 15) is 18.7 Å². The minimum atomic E-state index is -0.908. The molecule has 0 fully saturated rings. The highest BCUT2D eigenvalue weighted by atomic mass is 19.1. The van der Waals surface area contributed by atoms with Crippen molar-refractivity contribution in [2.45, 2.75) is 32.8 Å². The van der Waals surface area contributed by atoms with Gasteiger partial charge in [0.2, 0.25) is 0 Å². The zero-order valence-corrected chi connectivity index (χ0v) is 11.1. The van der Waals surface area contributed by atoms with Crippen LogP contribution < -0.4 is 5.32 Å². The molecule has 0 heterocycles. The van der Waals surface area contributed by atoms with E-state index in [4.69, 9.17) is 0 Å². The van der Waals surface area contributed by atoms with Gasteiger partial charge in [-0.1, -0.05) is 26.7 Å². The van der Waals surface area contributed by atoms with E-state index in [1.165, 1.54) is 0 Å². The normalized spacial score (nSPS) is 12.5. The molecule has 5 heteroatoms. The third kappa shape index (κ3) is 4.28. The van der Waals surface area contributed by atoms with Crippen molar-refractivity contribution in [3.8, 4) is 0 Å². The molecule has 1 aromatic rings. The van der Waals surface area contributed by atoms with E-state index in [0.717, 1.165) is 25.0 Å². The van der Waals surface area contributed by atoms with Crippen molar-refractivity contribution in [3.05, 3.63) is 35.4 Å². The summed E-state index contributed by atoms with van der Waals surface area (Å²) < 4.78 is 26.1. The second kappa shape index (κ2) is 7.19. The van der Waals surface area contributed by atoms with Gasteiger partial charge < -0.3 is 10.4 Å². The van der Waals surface area contributed by atoms with Crippen molar-refractivity contribution in [1.29, 1.82) is 0 Å². The Balaban J connectivity index is 2.60. The number of aliphatic hydroxyl groups excluding tert-OH is 1. The number of carbonyl (C=O) groups is 1. The molecule has 1 atom stereocenters. The number of benzene rings is 1. The summed E-state index contributed by atoms with van der Waals surface area (Å²) in [7, 11) is 0. The van der Waals surface area contributed by atoms with Crippen LogP contribution >= 0.6 is 0 Å². The summed E-state index contributed by atoms with van der Waals surface area (Å²) in [6, 6.07) is 2.77. The molecule has 2 N–H and O–H groups in total. The molecular formula is C14H19F2NO2. The summed E-state index contributed by atoms with van der Waals surface area (Å²) in [4.78, 5) is 11.7. The highest BCUT2D eigenvalue weighted by molar-refractivity contribution is 5.94. The number of carbonyl (C=O) groups excluding carboxylic acids is 1. The molecule has 0 aliphatic rings. The standard InChI is InChI=1S/C14H19F2NO2/c1-3-9(4-2)13(18)8-17-14(19)11-6-5-10(15)7-12(11)16/h5-7,9,13,18H,3-4,8H2,1-2H3,(H,17,19). The lowest BCUT2D eigenvalue weighted by atomic mass is 9.96. The molecule has 1 rings (SSSR count). The largest absolute Gasteiger partial charge is 0.391 e. The molecule has 1 aromatic carbocycles. The van der Waals surface area contributed by atoms with Gasteiger partial charge in [0, 0.05) is 12.6 Å². The van der Waals surface area contributed by atoms with Crippen LogP contribution in [0.3, 0.4) is 0 Å². The third-order valence-electron chi connectivity index (χ3n) is 3.24. The summed E-state index contributed by atoms with van der Waals surface area (Å²) in [5.41, 5.74) is -0.224. The molecule has 106 valence electrons. The highest BCUT2D eigenvalue weighted by Crippen LogP contribution is 2.13. The van der Waals surface area contributed by atoms with Gasteiger partial charge in [-0.2, -0.15) is 0 Å². The van der Waals surface area contributed by atoms with Crippen LogP contribution in [-0.2, 0) is 0 Å². The van der Waals surface area contributed by atoms with Gasteiger partial charge >= 0.3 is 0 Å². The zero-order chi connectivity index (χ0) is 14.4. The van der Waals surface area contributed by atoms with Gasteiger partial charge in [-0.15, -0.1) is 0 Å². The Hall–Kier alpha value is -1.49. The molecule has 3 nitrogen and oxygen atoms in total. The Bertz CT molecular complexity index is 433. The van der Waals surface area contributed by atoms with Crippen LogP contribution in [0.15, 0.2) is 18.2 Å². The lowest BCUT2D eigenvalue weighted by Gasteiger charge is -2.20. The Kier molecular flexibility index (Phi) is 5.89. The van der Waals surface area contributed by atoms with Crippen molar-refractivity contribution in [2.75, 3.05) is 6.54 Å². The molecule has 1 unspecified atom stereocenters. The molecular weight excluding hydrogens is 252 g/mol. The Labute approximate surface area is 111 Å². The molecule has 0 saturated heterocycles. The number of halogens is 2. The Morgan fingerprint density at radius 2 is 1.95 bits per heavy atom. The number of hydrogen-bond donors (Lipinski definition) is 2. The average Bonchev–Trinajstić information content (AvgIpc) is 2.37. The fraction of sp³-hybridized carbons (Fsp3) is 0.500. The van der Waals surface area contributed by atoms with Crippen LogP contribution in [0, 0.1) is 17.6 Å². The molecule has 0 bridgehead atoms. The maximum Gasteiger partial charge on any atom is 0.254 e. The molecule has 0 aromatic heterocycles. The van der Waals surface area contributed by atoms with E-state index in [2.05, 4.69) is 5.32 Å². The van der Waals surface area contributed by atoms with Crippen molar-refractivity contribution < 1.29 is 18.7 Å². The number of hydrogen-bond acceptors (Lipinski definition) is 2. The van der Waals surface area contributed by atoms with Gasteiger partial charge in [0.05, 0.1) is 11.7 Å². The quantitative estimate of drug-likeness (QED) is 0.835. The molecule has 0 aliphatic heterocycles. The molecule has 0 aliphatic carbocycles. The summed E-state index contributed by atoms with van der Waals surface area (Å²) in [5.74, 6) is -2.19. The van der Waals surface area contributed by atoms with Gasteiger partial charge in [0.15, 0.2) is 0 Å². The third-order valence-corrected chi connectivity index (χ3v) is 3.24. The fourth-order valence-electron chi connectivity index (χ4n) is 1.97. The minimum absolute atomic E-state index is 0.0575.